The lowest BCUT2D eigenvalue weighted by Crippen LogP contribution is -2.67. The molecule has 0 bridgehead atoms. The highest BCUT2D eigenvalue weighted by molar-refractivity contribution is 6.31. The lowest BCUT2D eigenvalue weighted by atomic mass is 9.77. The molecule has 1 aromatic carbocycles. The number of amides is 1. The second-order valence-corrected chi connectivity index (χ2v) is 6.85. The third kappa shape index (κ3) is 3.23. The standard InChI is InChI=1S/C17H22ClFN2O2/c1-23-10-9-21-8-6-17(21)5-2-7-20(12-17)16(22)14-11-13(18)3-4-15(14)19/h3-4,11H,2,5-10,12H2,1H3/t17-/m0/s1. The summed E-state index contributed by atoms with van der Waals surface area (Å²) in [5.41, 5.74) is 0.110. The molecule has 1 spiro atoms. The summed E-state index contributed by atoms with van der Waals surface area (Å²) in [7, 11) is 1.70. The van der Waals surface area contributed by atoms with Crippen LogP contribution in [0.5, 0.6) is 0 Å². The second kappa shape index (κ2) is 6.75. The Hall–Kier alpha value is -1.17. The van der Waals surface area contributed by atoms with Crippen LogP contribution in [-0.2, 0) is 4.74 Å². The fourth-order valence-corrected chi connectivity index (χ4v) is 3.89. The van der Waals surface area contributed by atoms with Crippen molar-refractivity contribution in [1.82, 2.24) is 9.80 Å². The molecule has 2 aliphatic heterocycles. The number of rotatable bonds is 4. The molecule has 0 aromatic heterocycles. The SMILES string of the molecule is COCCN1CC[C@]12CCCN(C(=O)c1cc(Cl)ccc1F)C2. The first-order chi connectivity index (χ1) is 11.1. The maximum atomic E-state index is 14.0. The van der Waals surface area contributed by atoms with Crippen LogP contribution in [0.3, 0.4) is 0 Å². The van der Waals surface area contributed by atoms with E-state index in [4.69, 9.17) is 16.3 Å². The molecule has 0 unspecified atom stereocenters. The van der Waals surface area contributed by atoms with Crippen molar-refractivity contribution in [2.45, 2.75) is 24.8 Å². The van der Waals surface area contributed by atoms with Crippen LogP contribution < -0.4 is 0 Å². The summed E-state index contributed by atoms with van der Waals surface area (Å²) in [5, 5.41) is 0.381. The maximum absolute atomic E-state index is 14.0. The first-order valence-electron chi connectivity index (χ1n) is 8.04. The van der Waals surface area contributed by atoms with Crippen molar-refractivity contribution >= 4 is 17.5 Å². The Morgan fingerprint density at radius 3 is 2.91 bits per heavy atom. The number of ether oxygens (including phenoxy) is 1. The first kappa shape index (κ1) is 16.7. The molecule has 0 radical (unpaired) electrons. The molecule has 126 valence electrons. The van der Waals surface area contributed by atoms with Crippen LogP contribution in [0.2, 0.25) is 5.02 Å². The molecule has 6 heteroatoms. The van der Waals surface area contributed by atoms with Crippen molar-refractivity contribution in [2.75, 3.05) is 39.9 Å². The molecule has 1 aromatic rings. The highest BCUT2D eigenvalue weighted by Crippen LogP contribution is 2.38. The molecule has 3 rings (SSSR count). The molecule has 1 atom stereocenters. The minimum Gasteiger partial charge on any atom is -0.383 e. The molecule has 23 heavy (non-hydrogen) atoms. The van der Waals surface area contributed by atoms with E-state index in [0.29, 0.717) is 24.7 Å². The summed E-state index contributed by atoms with van der Waals surface area (Å²) in [5.74, 6) is -0.772. The van der Waals surface area contributed by atoms with Crippen LogP contribution in [0.15, 0.2) is 18.2 Å². The molecule has 0 aliphatic carbocycles. The number of hydrogen-bond acceptors (Lipinski definition) is 3. The largest absolute Gasteiger partial charge is 0.383 e. The highest BCUT2D eigenvalue weighted by Gasteiger charge is 2.47. The number of nitrogens with zero attached hydrogens (tertiary/aromatic N) is 2. The van der Waals surface area contributed by atoms with Crippen molar-refractivity contribution in [2.24, 2.45) is 0 Å². The van der Waals surface area contributed by atoms with E-state index < -0.39 is 5.82 Å². The Bertz CT molecular complexity index is 598. The van der Waals surface area contributed by atoms with Crippen LogP contribution in [0.4, 0.5) is 4.39 Å². The molecule has 2 heterocycles. The lowest BCUT2D eigenvalue weighted by Gasteiger charge is -2.57. The summed E-state index contributed by atoms with van der Waals surface area (Å²) in [6.07, 6.45) is 3.11. The normalized spacial score (nSPS) is 24.7. The zero-order valence-electron chi connectivity index (χ0n) is 13.4. The van der Waals surface area contributed by atoms with Crippen molar-refractivity contribution < 1.29 is 13.9 Å². The zero-order valence-corrected chi connectivity index (χ0v) is 14.1. The molecule has 0 saturated carbocycles. The second-order valence-electron chi connectivity index (χ2n) is 6.41. The number of hydrogen-bond donors (Lipinski definition) is 0. The molecule has 2 fully saturated rings. The average molecular weight is 341 g/mol. The van der Waals surface area contributed by atoms with E-state index >= 15 is 0 Å². The Balaban J connectivity index is 1.73. The molecule has 0 N–H and O–H groups in total. The van der Waals surface area contributed by atoms with Gasteiger partial charge in [-0.3, -0.25) is 9.69 Å². The van der Waals surface area contributed by atoms with Crippen LogP contribution >= 0.6 is 11.6 Å². The maximum Gasteiger partial charge on any atom is 0.256 e. The predicted molar refractivity (Wildman–Crippen MR) is 87.3 cm³/mol. The van der Waals surface area contributed by atoms with Gasteiger partial charge in [-0.05, 0) is 37.5 Å². The monoisotopic (exact) mass is 340 g/mol. The number of likely N-dealkylation sites (tertiary alicyclic amines) is 2. The third-order valence-corrected chi connectivity index (χ3v) is 5.32. The van der Waals surface area contributed by atoms with E-state index in [1.54, 1.807) is 12.0 Å². The van der Waals surface area contributed by atoms with Gasteiger partial charge >= 0.3 is 0 Å². The number of carbonyl (C=O) groups excluding carboxylic acids is 1. The third-order valence-electron chi connectivity index (χ3n) is 5.08. The zero-order chi connectivity index (χ0) is 16.4. The Labute approximate surface area is 141 Å². The Morgan fingerprint density at radius 2 is 2.22 bits per heavy atom. The van der Waals surface area contributed by atoms with Gasteiger partial charge in [0.1, 0.15) is 5.82 Å². The molecule has 2 saturated heterocycles. The first-order valence-corrected chi connectivity index (χ1v) is 8.42. The van der Waals surface area contributed by atoms with Gasteiger partial charge in [0, 0.05) is 43.9 Å². The topological polar surface area (TPSA) is 32.8 Å². The van der Waals surface area contributed by atoms with Crippen molar-refractivity contribution in [3.8, 4) is 0 Å². The summed E-state index contributed by atoms with van der Waals surface area (Å²) < 4.78 is 19.1. The highest BCUT2D eigenvalue weighted by atomic mass is 35.5. The molecular formula is C17H22ClFN2O2. The van der Waals surface area contributed by atoms with E-state index in [9.17, 15) is 9.18 Å². The number of carbonyl (C=O) groups is 1. The van der Waals surface area contributed by atoms with Crippen LogP contribution in [0.1, 0.15) is 29.6 Å². The van der Waals surface area contributed by atoms with Gasteiger partial charge in [-0.2, -0.15) is 0 Å². The number of halogens is 2. The molecule has 1 amide bonds. The van der Waals surface area contributed by atoms with Crippen LogP contribution in [0, 0.1) is 5.82 Å². The van der Waals surface area contributed by atoms with E-state index in [1.807, 2.05) is 0 Å². The summed E-state index contributed by atoms with van der Waals surface area (Å²) >= 11 is 5.92. The smallest absolute Gasteiger partial charge is 0.256 e. The number of piperidine rings is 1. The van der Waals surface area contributed by atoms with Gasteiger partial charge in [0.15, 0.2) is 0 Å². The van der Waals surface area contributed by atoms with Crippen molar-refractivity contribution in [3.05, 3.63) is 34.6 Å². The minimum absolute atomic E-state index is 0.0431. The predicted octanol–water partition coefficient (Wildman–Crippen LogP) is 2.81. The van der Waals surface area contributed by atoms with Crippen LogP contribution in [-0.4, -0.2) is 61.1 Å². The van der Waals surface area contributed by atoms with Crippen molar-refractivity contribution in [1.29, 1.82) is 0 Å². The Morgan fingerprint density at radius 1 is 1.39 bits per heavy atom. The summed E-state index contributed by atoms with van der Waals surface area (Å²) in [6.45, 7) is 3.94. The van der Waals surface area contributed by atoms with Crippen LogP contribution in [0.25, 0.3) is 0 Å². The minimum atomic E-state index is -0.510. The van der Waals surface area contributed by atoms with E-state index in [0.717, 1.165) is 32.4 Å². The number of benzene rings is 1. The Kier molecular flexibility index (Phi) is 4.90. The molecule has 4 nitrogen and oxygen atoms in total. The fourth-order valence-electron chi connectivity index (χ4n) is 3.72. The van der Waals surface area contributed by atoms with Gasteiger partial charge < -0.3 is 9.64 Å². The van der Waals surface area contributed by atoms with Gasteiger partial charge in [0.05, 0.1) is 12.2 Å². The van der Waals surface area contributed by atoms with E-state index in [2.05, 4.69) is 4.90 Å². The van der Waals surface area contributed by atoms with Gasteiger partial charge in [-0.25, -0.2) is 4.39 Å². The molecular weight excluding hydrogens is 319 g/mol. The lowest BCUT2D eigenvalue weighted by molar-refractivity contribution is -0.0679. The van der Waals surface area contributed by atoms with Crippen molar-refractivity contribution in [3.63, 3.8) is 0 Å². The number of methoxy groups -OCH3 is 1. The summed E-state index contributed by atoms with van der Waals surface area (Å²) in [6, 6.07) is 4.14. The fraction of sp³-hybridized carbons (Fsp3) is 0.588. The van der Waals surface area contributed by atoms with Gasteiger partial charge in [-0.1, -0.05) is 11.6 Å². The summed E-state index contributed by atoms with van der Waals surface area (Å²) in [4.78, 5) is 16.9. The van der Waals surface area contributed by atoms with Gasteiger partial charge in [0.2, 0.25) is 0 Å². The van der Waals surface area contributed by atoms with E-state index in [1.165, 1.54) is 18.2 Å². The molecule has 2 aliphatic rings. The quantitative estimate of drug-likeness (QED) is 0.845. The van der Waals surface area contributed by atoms with E-state index in [-0.39, 0.29) is 17.0 Å². The average Bonchev–Trinajstić information content (AvgIpc) is 2.56. The van der Waals surface area contributed by atoms with Gasteiger partial charge in [-0.15, -0.1) is 0 Å². The van der Waals surface area contributed by atoms with Gasteiger partial charge in [0.25, 0.3) is 5.91 Å².